The van der Waals surface area contributed by atoms with E-state index >= 15 is 0 Å². The van der Waals surface area contributed by atoms with Crippen LogP contribution in [-0.2, 0) is 14.3 Å². The van der Waals surface area contributed by atoms with Crippen molar-refractivity contribution >= 4 is 5.91 Å². The standard InChI is InChI=1S/C59H117NO8/c1-3-5-7-9-11-12-13-14-15-16-17-18-19-20-21-22-23-24-25-26-27-28-29-30-31-32-33-34-35-36-37-38-39-40-41-43-45-47-49-55(63)60-52(53(62)48-46-44-42-10-8-6-4-2)51-67-59-58(66)57(65)56(64)54(50-61)68-59/h52-54,56-59,61-62,64-66H,3-51H2,1-2H3,(H,60,63). The second-order valence-electron chi connectivity index (χ2n) is 21.5. The van der Waals surface area contributed by atoms with Gasteiger partial charge in [-0.15, -0.1) is 0 Å². The number of carbonyl (C=O) groups excluding carboxylic acids is 1. The molecule has 0 aliphatic carbocycles. The molecular formula is C59H117NO8. The van der Waals surface area contributed by atoms with Crippen LogP contribution in [0.1, 0.15) is 316 Å². The second kappa shape index (κ2) is 49.8. The van der Waals surface area contributed by atoms with Crippen LogP contribution < -0.4 is 5.32 Å². The zero-order chi connectivity index (χ0) is 49.4. The number of carbonyl (C=O) groups is 1. The number of nitrogens with one attached hydrogen (secondary N) is 1. The minimum absolute atomic E-state index is 0.133. The van der Waals surface area contributed by atoms with Gasteiger partial charge in [-0.3, -0.25) is 4.79 Å². The predicted octanol–water partition coefficient (Wildman–Crippen LogP) is 15.0. The van der Waals surface area contributed by atoms with Crippen molar-refractivity contribution < 1.29 is 39.8 Å². The van der Waals surface area contributed by atoms with E-state index in [0.717, 1.165) is 38.5 Å². The minimum Gasteiger partial charge on any atom is -0.394 e. The average Bonchev–Trinajstić information content (AvgIpc) is 3.34. The van der Waals surface area contributed by atoms with Gasteiger partial charge in [0.05, 0.1) is 25.4 Å². The Kier molecular flexibility index (Phi) is 47.7. The maximum absolute atomic E-state index is 13.0. The first-order valence-corrected chi connectivity index (χ1v) is 30.2. The summed E-state index contributed by atoms with van der Waals surface area (Å²) in [4.78, 5) is 13.0. The van der Waals surface area contributed by atoms with E-state index in [0.29, 0.717) is 12.8 Å². The summed E-state index contributed by atoms with van der Waals surface area (Å²) in [5.74, 6) is -0.141. The van der Waals surface area contributed by atoms with Crippen LogP contribution in [0.2, 0.25) is 0 Å². The Hall–Kier alpha value is -0.810. The fourth-order valence-electron chi connectivity index (χ4n) is 10.2. The highest BCUT2D eigenvalue weighted by atomic mass is 16.7. The molecule has 0 aromatic carbocycles. The number of hydrogen-bond donors (Lipinski definition) is 6. The van der Waals surface area contributed by atoms with Gasteiger partial charge in [-0.05, 0) is 12.8 Å². The molecule has 0 aromatic rings. The lowest BCUT2D eigenvalue weighted by atomic mass is 9.99. The van der Waals surface area contributed by atoms with Crippen LogP contribution >= 0.6 is 0 Å². The summed E-state index contributed by atoms with van der Waals surface area (Å²) in [7, 11) is 0. The fraction of sp³-hybridized carbons (Fsp3) is 0.983. The lowest BCUT2D eigenvalue weighted by Crippen LogP contribution is -2.60. The van der Waals surface area contributed by atoms with Gasteiger partial charge in [0, 0.05) is 6.42 Å². The summed E-state index contributed by atoms with van der Waals surface area (Å²) >= 11 is 0. The molecule has 68 heavy (non-hydrogen) atoms. The van der Waals surface area contributed by atoms with E-state index in [1.54, 1.807) is 0 Å². The maximum atomic E-state index is 13.0. The van der Waals surface area contributed by atoms with Crippen LogP contribution in [0.5, 0.6) is 0 Å². The monoisotopic (exact) mass is 968 g/mol. The van der Waals surface area contributed by atoms with Crippen LogP contribution in [0.3, 0.4) is 0 Å². The third-order valence-corrected chi connectivity index (χ3v) is 15.0. The number of amides is 1. The van der Waals surface area contributed by atoms with E-state index in [1.807, 2.05) is 0 Å². The van der Waals surface area contributed by atoms with Gasteiger partial charge in [-0.2, -0.15) is 0 Å². The van der Waals surface area contributed by atoms with E-state index in [1.165, 1.54) is 250 Å². The molecule has 1 rings (SSSR count). The first kappa shape index (κ1) is 65.2. The average molecular weight is 969 g/mol. The van der Waals surface area contributed by atoms with Gasteiger partial charge in [0.15, 0.2) is 6.29 Å². The minimum atomic E-state index is -1.55. The number of hydrogen-bond acceptors (Lipinski definition) is 8. The normalized spacial score (nSPS) is 19.4. The molecule has 1 amide bonds. The van der Waals surface area contributed by atoms with Crippen molar-refractivity contribution in [1.82, 2.24) is 5.32 Å². The third-order valence-electron chi connectivity index (χ3n) is 15.0. The summed E-state index contributed by atoms with van der Waals surface area (Å²) in [6.45, 7) is 3.82. The number of rotatable bonds is 53. The van der Waals surface area contributed by atoms with Gasteiger partial charge in [0.25, 0.3) is 0 Å². The summed E-state index contributed by atoms with van der Waals surface area (Å²) in [5, 5.41) is 54.2. The molecule has 1 aliphatic heterocycles. The molecule has 0 aromatic heterocycles. The Labute approximate surface area is 421 Å². The Morgan fingerprint density at radius 3 is 1.04 bits per heavy atom. The molecule has 0 spiro atoms. The molecule has 1 saturated heterocycles. The molecule has 0 radical (unpaired) electrons. The van der Waals surface area contributed by atoms with Gasteiger partial charge in [0.2, 0.25) is 5.91 Å². The summed E-state index contributed by atoms with van der Waals surface area (Å²) < 4.78 is 11.2. The predicted molar refractivity (Wildman–Crippen MR) is 286 cm³/mol. The van der Waals surface area contributed by atoms with Crippen LogP contribution in [0.15, 0.2) is 0 Å². The van der Waals surface area contributed by atoms with E-state index < -0.39 is 49.5 Å². The van der Waals surface area contributed by atoms with E-state index in [-0.39, 0.29) is 12.5 Å². The van der Waals surface area contributed by atoms with Crippen molar-refractivity contribution in [1.29, 1.82) is 0 Å². The molecule has 9 heteroatoms. The molecule has 7 unspecified atom stereocenters. The van der Waals surface area contributed by atoms with Crippen LogP contribution in [0, 0.1) is 0 Å². The van der Waals surface area contributed by atoms with Crippen LogP contribution in [0.25, 0.3) is 0 Å². The maximum Gasteiger partial charge on any atom is 0.220 e. The van der Waals surface area contributed by atoms with Crippen molar-refractivity contribution in [2.45, 2.75) is 358 Å². The second-order valence-corrected chi connectivity index (χ2v) is 21.5. The highest BCUT2D eigenvalue weighted by molar-refractivity contribution is 5.76. The highest BCUT2D eigenvalue weighted by Crippen LogP contribution is 2.23. The van der Waals surface area contributed by atoms with Gasteiger partial charge < -0.3 is 40.3 Å². The molecule has 406 valence electrons. The molecular weight excluding hydrogens is 851 g/mol. The van der Waals surface area contributed by atoms with Gasteiger partial charge in [-0.1, -0.05) is 296 Å². The van der Waals surface area contributed by atoms with Crippen molar-refractivity contribution in [3.8, 4) is 0 Å². The number of ether oxygens (including phenoxy) is 2. The van der Waals surface area contributed by atoms with E-state index in [2.05, 4.69) is 19.2 Å². The first-order valence-electron chi connectivity index (χ1n) is 30.2. The summed E-state index contributed by atoms with van der Waals surface area (Å²) in [5.41, 5.74) is 0. The highest BCUT2D eigenvalue weighted by Gasteiger charge is 2.44. The number of aliphatic hydroxyl groups excluding tert-OH is 5. The molecule has 1 heterocycles. The zero-order valence-corrected chi connectivity index (χ0v) is 45.2. The Bertz CT molecular complexity index is 1030. The number of aliphatic hydroxyl groups is 5. The SMILES string of the molecule is CCCCCCCCCCCCCCCCCCCCCCCCCCCCCCCCCCCCCCCCC(=O)NC(COC1OC(CO)C(O)C(O)C1O)C(O)CCCCCCCCC. The Balaban J connectivity index is 1.93. The van der Waals surface area contributed by atoms with Crippen molar-refractivity contribution in [2.75, 3.05) is 13.2 Å². The topological polar surface area (TPSA) is 149 Å². The largest absolute Gasteiger partial charge is 0.394 e. The molecule has 1 aliphatic rings. The zero-order valence-electron chi connectivity index (χ0n) is 45.2. The quantitative estimate of drug-likeness (QED) is 0.0330. The van der Waals surface area contributed by atoms with Crippen molar-refractivity contribution in [2.24, 2.45) is 0 Å². The van der Waals surface area contributed by atoms with E-state index in [4.69, 9.17) is 9.47 Å². The molecule has 9 nitrogen and oxygen atoms in total. The van der Waals surface area contributed by atoms with Crippen LogP contribution in [-0.4, -0.2) is 87.5 Å². The van der Waals surface area contributed by atoms with Crippen LogP contribution in [0.4, 0.5) is 0 Å². The van der Waals surface area contributed by atoms with Crippen molar-refractivity contribution in [3.63, 3.8) is 0 Å². The van der Waals surface area contributed by atoms with Gasteiger partial charge >= 0.3 is 0 Å². The first-order chi connectivity index (χ1) is 33.3. The summed E-state index contributed by atoms with van der Waals surface area (Å²) in [6.07, 6.45) is 53.6. The van der Waals surface area contributed by atoms with Gasteiger partial charge in [0.1, 0.15) is 24.4 Å². The summed E-state index contributed by atoms with van der Waals surface area (Å²) in [6, 6.07) is -0.710. The van der Waals surface area contributed by atoms with Crippen molar-refractivity contribution in [3.05, 3.63) is 0 Å². The molecule has 1 fully saturated rings. The van der Waals surface area contributed by atoms with E-state index in [9.17, 15) is 30.3 Å². The lowest BCUT2D eigenvalue weighted by Gasteiger charge is -2.40. The molecule has 0 saturated carbocycles. The Morgan fingerprint density at radius 1 is 0.441 bits per heavy atom. The van der Waals surface area contributed by atoms with Gasteiger partial charge in [-0.25, -0.2) is 0 Å². The molecule has 7 atom stereocenters. The molecule has 0 bridgehead atoms. The lowest BCUT2D eigenvalue weighted by molar-refractivity contribution is -0.302. The third kappa shape index (κ3) is 38.8. The number of unbranched alkanes of at least 4 members (excludes halogenated alkanes) is 43. The fourth-order valence-corrected chi connectivity index (χ4v) is 10.2. The molecule has 6 N–H and O–H groups in total. The smallest absolute Gasteiger partial charge is 0.220 e. The Morgan fingerprint density at radius 2 is 0.735 bits per heavy atom.